The summed E-state index contributed by atoms with van der Waals surface area (Å²) >= 11 is 6.00. The molecule has 3 aromatic heterocycles. The van der Waals surface area contributed by atoms with Crippen LogP contribution in [0.15, 0.2) is 73.4 Å². The number of nitrogens with two attached hydrogens (primary N) is 1. The van der Waals surface area contributed by atoms with Crippen LogP contribution in [0.4, 0.5) is 24.5 Å². The molecule has 3 heterocycles. The number of anilines is 2. The van der Waals surface area contributed by atoms with Gasteiger partial charge in [-0.3, -0.25) is 4.79 Å². The van der Waals surface area contributed by atoms with Crippen LogP contribution in [-0.4, -0.2) is 37.3 Å². The fourth-order valence-corrected chi connectivity index (χ4v) is 4.65. The van der Waals surface area contributed by atoms with Gasteiger partial charge in [-0.1, -0.05) is 42.8 Å². The summed E-state index contributed by atoms with van der Waals surface area (Å²) in [6, 6.07) is 13.2. The van der Waals surface area contributed by atoms with Crippen LogP contribution < -0.4 is 15.9 Å². The van der Waals surface area contributed by atoms with Crippen LogP contribution >= 0.6 is 11.6 Å². The van der Waals surface area contributed by atoms with E-state index >= 15 is 0 Å². The van der Waals surface area contributed by atoms with Gasteiger partial charge in [0.15, 0.2) is 5.65 Å². The lowest BCUT2D eigenvalue weighted by molar-refractivity contribution is -0.199. The number of aromatic nitrogens is 4. The van der Waals surface area contributed by atoms with Gasteiger partial charge in [-0.05, 0) is 41.8 Å². The first-order chi connectivity index (χ1) is 19.6. The van der Waals surface area contributed by atoms with Gasteiger partial charge < -0.3 is 20.5 Å². The van der Waals surface area contributed by atoms with Crippen molar-refractivity contribution in [1.82, 2.24) is 19.3 Å². The SMILES string of the molecule is CCc1c(Cn2ccnc2)cccc1Nc1c(C(N)=O)cnc2c1cc(-c1ccc(Cl)cc1)n2OC(=O)C(F)(F)F. The van der Waals surface area contributed by atoms with E-state index in [0.29, 0.717) is 34.0 Å². The molecule has 5 aromatic rings. The Morgan fingerprint density at radius 1 is 1.15 bits per heavy atom. The third-order valence-electron chi connectivity index (χ3n) is 6.40. The molecule has 0 bridgehead atoms. The average molecular weight is 583 g/mol. The van der Waals surface area contributed by atoms with Gasteiger partial charge in [0.2, 0.25) is 0 Å². The molecule has 0 spiro atoms. The number of pyridine rings is 1. The highest BCUT2D eigenvalue weighted by Gasteiger charge is 2.42. The summed E-state index contributed by atoms with van der Waals surface area (Å²) in [6.07, 6.45) is 1.68. The second-order valence-electron chi connectivity index (χ2n) is 9.01. The number of amides is 1. The lowest BCUT2D eigenvalue weighted by atomic mass is 10.0. The zero-order valence-electron chi connectivity index (χ0n) is 21.4. The number of benzene rings is 2. The number of carbonyl (C=O) groups excluding carboxylic acids is 2. The van der Waals surface area contributed by atoms with Crippen LogP contribution in [0.5, 0.6) is 0 Å². The van der Waals surface area contributed by atoms with E-state index < -0.39 is 18.1 Å². The molecule has 0 aliphatic rings. The fraction of sp³-hybridized carbons (Fsp3) is 0.143. The van der Waals surface area contributed by atoms with E-state index in [1.807, 2.05) is 35.9 Å². The Labute approximate surface area is 236 Å². The topological polar surface area (TPSA) is 117 Å². The normalized spacial score (nSPS) is 11.5. The molecule has 2 aromatic carbocycles. The molecular formula is C28H22ClF3N6O3. The van der Waals surface area contributed by atoms with Crippen molar-refractivity contribution < 1.29 is 27.6 Å². The van der Waals surface area contributed by atoms with E-state index in [0.717, 1.165) is 17.3 Å². The van der Waals surface area contributed by atoms with E-state index in [1.54, 1.807) is 24.7 Å². The molecular weight excluding hydrogens is 561 g/mol. The first kappa shape index (κ1) is 27.7. The van der Waals surface area contributed by atoms with Crippen molar-refractivity contribution in [2.45, 2.75) is 26.1 Å². The molecule has 0 fully saturated rings. The molecule has 13 heteroatoms. The number of fused-ring (bicyclic) bond motifs is 1. The number of rotatable bonds is 8. The predicted octanol–water partition coefficient (Wildman–Crippen LogP) is 5.52. The Morgan fingerprint density at radius 2 is 1.90 bits per heavy atom. The van der Waals surface area contributed by atoms with Crippen LogP contribution in [0.3, 0.4) is 0 Å². The number of carbonyl (C=O) groups is 2. The average Bonchev–Trinajstić information content (AvgIpc) is 3.57. The highest BCUT2D eigenvalue weighted by atomic mass is 35.5. The summed E-state index contributed by atoms with van der Waals surface area (Å²) in [5.41, 5.74) is 8.72. The quantitative estimate of drug-likeness (QED) is 0.249. The Bertz CT molecular complexity index is 1750. The third kappa shape index (κ3) is 5.59. The minimum Gasteiger partial charge on any atom is -0.365 e. The molecule has 0 aliphatic heterocycles. The number of hydrogen-bond acceptors (Lipinski definition) is 6. The van der Waals surface area contributed by atoms with Crippen LogP contribution in [-0.2, 0) is 17.8 Å². The van der Waals surface area contributed by atoms with Crippen molar-refractivity contribution in [3.8, 4) is 11.3 Å². The molecule has 41 heavy (non-hydrogen) atoms. The van der Waals surface area contributed by atoms with Gasteiger partial charge in [-0.15, -0.1) is 0 Å². The Kier molecular flexibility index (Phi) is 7.41. The van der Waals surface area contributed by atoms with Crippen molar-refractivity contribution >= 4 is 45.9 Å². The van der Waals surface area contributed by atoms with Crippen molar-refractivity contribution in [3.63, 3.8) is 0 Å². The molecule has 0 unspecified atom stereocenters. The van der Waals surface area contributed by atoms with Gasteiger partial charge in [0.25, 0.3) is 5.91 Å². The smallest absolute Gasteiger partial charge is 0.365 e. The minimum atomic E-state index is -5.27. The van der Waals surface area contributed by atoms with Crippen molar-refractivity contribution in [1.29, 1.82) is 0 Å². The number of hydrogen-bond donors (Lipinski definition) is 2. The Morgan fingerprint density at radius 3 is 2.54 bits per heavy atom. The molecule has 3 N–H and O–H groups in total. The molecule has 9 nitrogen and oxygen atoms in total. The Hall–Kier alpha value is -4.84. The van der Waals surface area contributed by atoms with Crippen molar-refractivity contribution in [2.24, 2.45) is 5.73 Å². The van der Waals surface area contributed by atoms with Gasteiger partial charge in [0.05, 0.1) is 23.3 Å². The summed E-state index contributed by atoms with van der Waals surface area (Å²) in [5, 5.41) is 3.85. The summed E-state index contributed by atoms with van der Waals surface area (Å²) in [6.45, 7) is 2.51. The second-order valence-corrected chi connectivity index (χ2v) is 9.45. The third-order valence-corrected chi connectivity index (χ3v) is 6.65. The van der Waals surface area contributed by atoms with Crippen LogP contribution in [0.2, 0.25) is 5.02 Å². The number of nitrogens with zero attached hydrogens (tertiary/aromatic N) is 4. The van der Waals surface area contributed by atoms with Gasteiger partial charge in [-0.25, -0.2) is 14.8 Å². The van der Waals surface area contributed by atoms with Crippen molar-refractivity contribution in [2.75, 3.05) is 5.32 Å². The summed E-state index contributed by atoms with van der Waals surface area (Å²) in [5.74, 6) is -3.26. The molecule has 0 saturated heterocycles. The van der Waals surface area contributed by atoms with Crippen LogP contribution in [0.1, 0.15) is 28.4 Å². The number of nitrogens with one attached hydrogen (secondary N) is 1. The van der Waals surface area contributed by atoms with E-state index in [-0.39, 0.29) is 28.0 Å². The molecule has 0 atom stereocenters. The molecule has 0 saturated carbocycles. The monoisotopic (exact) mass is 582 g/mol. The number of halogens is 4. The zero-order valence-corrected chi connectivity index (χ0v) is 22.2. The van der Waals surface area contributed by atoms with E-state index in [1.165, 1.54) is 18.2 Å². The maximum absolute atomic E-state index is 13.2. The number of primary amides is 1. The standard InChI is InChI=1S/C28H22ClF3N6O3/c1-2-19-17(14-37-11-10-34-15-37)4-3-5-22(19)36-24-20-12-23(16-6-8-18(29)9-7-16)38(41-27(40)28(30,31)32)26(20)35-13-21(24)25(33)39/h3-13,15H,2,14H2,1H3,(H2,33,39)(H,35,36). The predicted molar refractivity (Wildman–Crippen MR) is 147 cm³/mol. The first-order valence-corrected chi connectivity index (χ1v) is 12.7. The lowest BCUT2D eigenvalue weighted by Gasteiger charge is -2.18. The lowest BCUT2D eigenvalue weighted by Crippen LogP contribution is -2.33. The van der Waals surface area contributed by atoms with Crippen LogP contribution in [0.25, 0.3) is 22.3 Å². The zero-order chi connectivity index (χ0) is 29.3. The van der Waals surface area contributed by atoms with Crippen molar-refractivity contribution in [3.05, 3.63) is 95.2 Å². The highest BCUT2D eigenvalue weighted by Crippen LogP contribution is 2.36. The summed E-state index contributed by atoms with van der Waals surface area (Å²) < 4.78 is 42.2. The first-order valence-electron chi connectivity index (χ1n) is 12.3. The Balaban J connectivity index is 1.70. The summed E-state index contributed by atoms with van der Waals surface area (Å²) in [4.78, 5) is 37.4. The van der Waals surface area contributed by atoms with Gasteiger partial charge in [-0.2, -0.15) is 17.9 Å². The second kappa shape index (κ2) is 11.0. The fourth-order valence-electron chi connectivity index (χ4n) is 4.52. The number of imidazole rings is 1. The van der Waals surface area contributed by atoms with E-state index in [2.05, 4.69) is 15.3 Å². The molecule has 210 valence electrons. The van der Waals surface area contributed by atoms with Crippen LogP contribution in [0, 0.1) is 0 Å². The van der Waals surface area contributed by atoms with E-state index in [4.69, 9.17) is 22.2 Å². The molecule has 5 rings (SSSR count). The highest BCUT2D eigenvalue weighted by molar-refractivity contribution is 6.30. The summed E-state index contributed by atoms with van der Waals surface area (Å²) in [7, 11) is 0. The van der Waals surface area contributed by atoms with Gasteiger partial charge >= 0.3 is 12.1 Å². The molecule has 1 amide bonds. The number of alkyl halides is 3. The maximum Gasteiger partial charge on any atom is 0.493 e. The molecule has 0 aliphatic carbocycles. The minimum absolute atomic E-state index is 0.0125. The van der Waals surface area contributed by atoms with Gasteiger partial charge in [0, 0.05) is 46.8 Å². The van der Waals surface area contributed by atoms with E-state index in [9.17, 15) is 22.8 Å². The molecule has 0 radical (unpaired) electrons. The maximum atomic E-state index is 13.2. The van der Waals surface area contributed by atoms with Gasteiger partial charge in [0.1, 0.15) is 0 Å². The largest absolute Gasteiger partial charge is 0.493 e.